The maximum Gasteiger partial charge on any atom is 0.0609 e. The Morgan fingerprint density at radius 3 is 0.969 bits per heavy atom. The van der Waals surface area contributed by atoms with Gasteiger partial charge in [0.05, 0.1) is 16.1 Å². The highest BCUT2D eigenvalue weighted by Crippen LogP contribution is 2.61. The summed E-state index contributed by atoms with van der Waals surface area (Å²) in [6, 6.07) is 72.9. The lowest BCUT2D eigenvalue weighted by molar-refractivity contribution is 0.789. The summed E-state index contributed by atoms with van der Waals surface area (Å²) >= 11 is 0. The fraction of sp³-hybridized carbons (Fsp3) is 0.167. The predicted molar refractivity (Wildman–Crippen MR) is 281 cm³/mol. The molecule has 9 aromatic carbocycles. The normalized spacial score (nSPS) is 17.5. The number of hydrogen-bond donors (Lipinski definition) is 0. The Hall–Kier alpha value is -6.47. The van der Waals surface area contributed by atoms with Crippen LogP contribution in [0.5, 0.6) is 0 Å². The van der Waals surface area contributed by atoms with E-state index in [1.165, 1.54) is 88.8 Å². The Balaban J connectivity index is 1.08. The fourth-order valence-corrected chi connectivity index (χ4v) is 15.2. The lowest BCUT2D eigenvalue weighted by atomic mass is 9.91. The Kier molecular flexibility index (Phi) is 9.15. The highest BCUT2D eigenvalue weighted by atomic mass is 28.3. The molecule has 0 spiro atoms. The standard InChI is InChI=1S/C60H56N2Si2/c1-59(63(3,4)5)55-37-49(61(45-23-11-9-12-24-45)47-29-27-41-19-15-17-21-43(41)35-47)31-33-51(55)53-40-58-54(39-57(53)59)52-34-32-50(38-56(52)60(58,2)64(6,7)8)62(46-25-13-10-14-26-46)48-30-28-42-20-16-18-22-44(42)36-48/h9-40H,1-8H3. The minimum Gasteiger partial charge on any atom is -0.310 e. The number of rotatable bonds is 8. The zero-order valence-electron chi connectivity index (χ0n) is 38.4. The molecule has 0 aliphatic heterocycles. The topological polar surface area (TPSA) is 6.48 Å². The molecule has 0 aromatic heterocycles. The first kappa shape index (κ1) is 40.3. The fourth-order valence-electron chi connectivity index (χ4n) is 11.1. The monoisotopic (exact) mass is 860 g/mol. The van der Waals surface area contributed by atoms with Crippen LogP contribution in [0.4, 0.5) is 34.1 Å². The van der Waals surface area contributed by atoms with Crippen LogP contribution in [-0.4, -0.2) is 16.1 Å². The van der Waals surface area contributed by atoms with E-state index in [-0.39, 0.29) is 10.1 Å². The van der Waals surface area contributed by atoms with Gasteiger partial charge in [-0.25, -0.2) is 0 Å². The first-order valence-corrected chi connectivity index (χ1v) is 29.9. The van der Waals surface area contributed by atoms with Gasteiger partial charge in [-0.15, -0.1) is 0 Å². The average Bonchev–Trinajstić information content (AvgIpc) is 3.71. The Morgan fingerprint density at radius 1 is 0.281 bits per heavy atom. The molecule has 64 heavy (non-hydrogen) atoms. The van der Waals surface area contributed by atoms with E-state index in [9.17, 15) is 0 Å². The molecular formula is C60H56N2Si2. The second-order valence-electron chi connectivity index (χ2n) is 20.6. The van der Waals surface area contributed by atoms with Gasteiger partial charge in [-0.3, -0.25) is 0 Å². The third kappa shape index (κ3) is 6.03. The second kappa shape index (κ2) is 14.5. The van der Waals surface area contributed by atoms with Crippen molar-refractivity contribution in [2.45, 2.75) is 63.2 Å². The molecule has 0 saturated carbocycles. The first-order valence-electron chi connectivity index (χ1n) is 22.9. The van der Waals surface area contributed by atoms with E-state index in [0.29, 0.717) is 0 Å². The van der Waals surface area contributed by atoms with Crippen molar-refractivity contribution in [3.05, 3.63) is 216 Å². The van der Waals surface area contributed by atoms with Gasteiger partial charge in [0, 0.05) is 44.2 Å². The maximum atomic E-state index is 2.66. The second-order valence-corrected chi connectivity index (χ2v) is 31.6. The maximum absolute atomic E-state index is 2.66. The molecule has 314 valence electrons. The molecule has 0 radical (unpaired) electrons. The van der Waals surface area contributed by atoms with E-state index in [0.717, 1.165) is 11.4 Å². The lowest BCUT2D eigenvalue weighted by Crippen LogP contribution is -2.47. The van der Waals surface area contributed by atoms with E-state index in [4.69, 9.17) is 0 Å². The zero-order valence-corrected chi connectivity index (χ0v) is 40.4. The molecule has 2 unspecified atom stereocenters. The van der Waals surface area contributed by atoms with E-state index < -0.39 is 16.1 Å². The molecule has 2 nitrogen and oxygen atoms in total. The van der Waals surface area contributed by atoms with E-state index >= 15 is 0 Å². The van der Waals surface area contributed by atoms with Crippen LogP contribution in [0.1, 0.15) is 36.1 Å². The molecule has 4 heteroatoms. The van der Waals surface area contributed by atoms with Crippen molar-refractivity contribution in [1.82, 2.24) is 0 Å². The van der Waals surface area contributed by atoms with E-state index in [2.05, 4.69) is 257 Å². The van der Waals surface area contributed by atoms with Gasteiger partial charge in [-0.05, 0) is 151 Å². The molecule has 2 atom stereocenters. The lowest BCUT2D eigenvalue weighted by Gasteiger charge is -2.41. The summed E-state index contributed by atoms with van der Waals surface area (Å²) in [7, 11) is -3.87. The molecule has 0 N–H and O–H groups in total. The Morgan fingerprint density at radius 2 is 0.594 bits per heavy atom. The van der Waals surface area contributed by atoms with Gasteiger partial charge in [0.1, 0.15) is 0 Å². The summed E-state index contributed by atoms with van der Waals surface area (Å²) in [4.78, 5) is 4.90. The predicted octanol–water partition coefficient (Wildman–Crippen LogP) is 17.3. The minimum atomic E-state index is -1.94. The van der Waals surface area contributed by atoms with Crippen molar-refractivity contribution in [2.75, 3.05) is 9.80 Å². The summed E-state index contributed by atoms with van der Waals surface area (Å²) < 4.78 is 0. The minimum absolute atomic E-state index is 0.118. The number of nitrogens with zero attached hydrogens (tertiary/aromatic N) is 2. The molecule has 0 fully saturated rings. The van der Waals surface area contributed by atoms with Crippen LogP contribution in [0.15, 0.2) is 194 Å². The van der Waals surface area contributed by atoms with Crippen LogP contribution < -0.4 is 9.80 Å². The van der Waals surface area contributed by atoms with Crippen molar-refractivity contribution < 1.29 is 0 Å². The van der Waals surface area contributed by atoms with Gasteiger partial charge >= 0.3 is 0 Å². The van der Waals surface area contributed by atoms with Crippen LogP contribution >= 0.6 is 0 Å². The molecule has 2 aliphatic rings. The zero-order chi connectivity index (χ0) is 44.2. The molecule has 0 saturated heterocycles. The average molecular weight is 861 g/mol. The summed E-state index contributed by atoms with van der Waals surface area (Å²) in [5.41, 5.74) is 18.6. The van der Waals surface area contributed by atoms with Gasteiger partial charge < -0.3 is 9.80 Å². The SMILES string of the molecule is CC1([Si](C)(C)C)c2cc(N(c3ccccc3)c3ccc4ccccc4c3)ccc2-c2cc3c(cc21)-c1ccc(N(c2ccccc2)c2ccc4ccccc4c2)cc1C3(C)[Si](C)(C)C. The third-order valence-corrected chi connectivity index (χ3v) is 22.5. The number of anilines is 6. The summed E-state index contributed by atoms with van der Waals surface area (Å²) in [5, 5.41) is 4.76. The summed E-state index contributed by atoms with van der Waals surface area (Å²) in [6.07, 6.45) is 0. The smallest absolute Gasteiger partial charge is 0.0609 e. The largest absolute Gasteiger partial charge is 0.310 e. The van der Waals surface area contributed by atoms with Crippen LogP contribution in [-0.2, 0) is 10.1 Å². The third-order valence-electron chi connectivity index (χ3n) is 15.4. The molecular weight excluding hydrogens is 805 g/mol. The van der Waals surface area contributed by atoms with Crippen LogP contribution in [0.25, 0.3) is 43.8 Å². The van der Waals surface area contributed by atoms with Crippen LogP contribution in [0.2, 0.25) is 39.3 Å². The number of fused-ring (bicyclic) bond motifs is 8. The van der Waals surface area contributed by atoms with Crippen molar-refractivity contribution in [1.29, 1.82) is 0 Å². The summed E-state index contributed by atoms with van der Waals surface area (Å²) in [6.45, 7) is 20.6. The number of para-hydroxylation sites is 2. The number of hydrogen-bond acceptors (Lipinski definition) is 2. The highest BCUT2D eigenvalue weighted by molar-refractivity contribution is 6.80. The van der Waals surface area contributed by atoms with Gasteiger partial charge in [0.15, 0.2) is 0 Å². The Labute approximate surface area is 381 Å². The molecule has 11 rings (SSSR count). The van der Waals surface area contributed by atoms with Gasteiger partial charge in [-0.1, -0.05) is 162 Å². The van der Waals surface area contributed by atoms with Gasteiger partial charge in [0.25, 0.3) is 0 Å². The number of benzene rings is 9. The molecule has 0 amide bonds. The van der Waals surface area contributed by atoms with Crippen molar-refractivity contribution in [3.8, 4) is 22.3 Å². The van der Waals surface area contributed by atoms with Crippen molar-refractivity contribution in [3.63, 3.8) is 0 Å². The van der Waals surface area contributed by atoms with Gasteiger partial charge in [-0.2, -0.15) is 0 Å². The van der Waals surface area contributed by atoms with Crippen LogP contribution in [0, 0.1) is 0 Å². The van der Waals surface area contributed by atoms with Crippen molar-refractivity contribution >= 4 is 71.8 Å². The highest BCUT2D eigenvalue weighted by Gasteiger charge is 2.53. The molecule has 9 aromatic rings. The molecule has 0 heterocycles. The molecule has 0 bridgehead atoms. The molecule has 2 aliphatic carbocycles. The first-order chi connectivity index (χ1) is 30.8. The van der Waals surface area contributed by atoms with Crippen LogP contribution in [0.3, 0.4) is 0 Å². The van der Waals surface area contributed by atoms with Crippen molar-refractivity contribution in [2.24, 2.45) is 0 Å². The quantitative estimate of drug-likeness (QED) is 0.140. The van der Waals surface area contributed by atoms with E-state index in [1.54, 1.807) is 0 Å². The van der Waals surface area contributed by atoms with E-state index in [1.807, 2.05) is 0 Å². The summed E-state index contributed by atoms with van der Waals surface area (Å²) in [5.74, 6) is 0. The van der Waals surface area contributed by atoms with Gasteiger partial charge in [0.2, 0.25) is 0 Å². The Bertz CT molecular complexity index is 3070.